The van der Waals surface area contributed by atoms with Gasteiger partial charge in [-0.1, -0.05) is 6.07 Å². The van der Waals surface area contributed by atoms with E-state index in [1.807, 2.05) is 36.5 Å². The van der Waals surface area contributed by atoms with E-state index in [0.29, 0.717) is 12.4 Å². The molecule has 0 aliphatic rings. The second-order valence-corrected chi connectivity index (χ2v) is 4.66. The van der Waals surface area contributed by atoms with Crippen molar-refractivity contribution < 1.29 is 4.74 Å². The number of aromatic nitrogens is 3. The number of nitrogens with zero attached hydrogens (tertiary/aromatic N) is 3. The summed E-state index contributed by atoms with van der Waals surface area (Å²) in [7, 11) is 1.60. The molecule has 6 heteroatoms. The molecule has 22 heavy (non-hydrogen) atoms. The minimum absolute atomic E-state index is 0. The van der Waals surface area contributed by atoms with Gasteiger partial charge in [0.25, 0.3) is 0 Å². The van der Waals surface area contributed by atoms with E-state index < -0.39 is 0 Å². The Morgan fingerprint density at radius 2 is 1.95 bits per heavy atom. The molecule has 0 amide bonds. The summed E-state index contributed by atoms with van der Waals surface area (Å²) < 4.78 is 5.20. The van der Waals surface area contributed by atoms with E-state index in [9.17, 15) is 0 Å². The van der Waals surface area contributed by atoms with Gasteiger partial charge in [0.05, 0.1) is 12.6 Å². The summed E-state index contributed by atoms with van der Waals surface area (Å²) in [5.41, 5.74) is 10.2. The van der Waals surface area contributed by atoms with Crippen LogP contribution < -0.4 is 10.5 Å². The Balaban J connectivity index is 0.00000176. The molecule has 0 atom stereocenters. The summed E-state index contributed by atoms with van der Waals surface area (Å²) in [5, 5.41) is 0. The third-order valence-corrected chi connectivity index (χ3v) is 3.30. The number of halogens is 1. The minimum atomic E-state index is 0. The Hall–Kier alpha value is -2.24. The average molecular weight is 317 g/mol. The maximum Gasteiger partial charge on any atom is 0.213 e. The number of rotatable bonds is 4. The van der Waals surface area contributed by atoms with Crippen LogP contribution in [0.1, 0.15) is 5.69 Å². The Bertz CT molecular complexity index is 762. The lowest BCUT2D eigenvalue weighted by Crippen LogP contribution is -2.04. The first-order chi connectivity index (χ1) is 10.3. The molecule has 0 saturated carbocycles. The van der Waals surface area contributed by atoms with Crippen molar-refractivity contribution in [2.45, 2.75) is 6.42 Å². The van der Waals surface area contributed by atoms with Crippen LogP contribution in [0.2, 0.25) is 0 Å². The van der Waals surface area contributed by atoms with Crippen molar-refractivity contribution in [3.8, 4) is 17.0 Å². The van der Waals surface area contributed by atoms with E-state index in [0.717, 1.165) is 34.3 Å². The van der Waals surface area contributed by atoms with Gasteiger partial charge in [-0.05, 0) is 24.7 Å². The molecule has 3 aromatic heterocycles. The van der Waals surface area contributed by atoms with E-state index in [2.05, 4.69) is 15.0 Å². The maximum absolute atomic E-state index is 5.54. The summed E-state index contributed by atoms with van der Waals surface area (Å²) in [6.45, 7) is 0.600. The van der Waals surface area contributed by atoms with Crippen LogP contribution in [0.5, 0.6) is 5.88 Å². The Labute approximate surface area is 135 Å². The van der Waals surface area contributed by atoms with Gasteiger partial charge >= 0.3 is 0 Å². The van der Waals surface area contributed by atoms with Crippen molar-refractivity contribution in [1.29, 1.82) is 0 Å². The SMILES string of the molecule is COc1ccc2nccc(-c3ccc(CCN)nc3)c2n1.Cl. The lowest BCUT2D eigenvalue weighted by atomic mass is 10.1. The molecular formula is C16H17ClN4O. The van der Waals surface area contributed by atoms with Crippen LogP contribution in [0.15, 0.2) is 42.7 Å². The Morgan fingerprint density at radius 1 is 1.09 bits per heavy atom. The molecule has 0 aromatic carbocycles. The molecular weight excluding hydrogens is 300 g/mol. The normalized spacial score (nSPS) is 10.3. The van der Waals surface area contributed by atoms with Crippen LogP contribution in [0, 0.1) is 0 Å². The first-order valence-electron chi connectivity index (χ1n) is 6.77. The van der Waals surface area contributed by atoms with Gasteiger partial charge < -0.3 is 10.5 Å². The smallest absolute Gasteiger partial charge is 0.213 e. The molecule has 0 aliphatic heterocycles. The number of hydrogen-bond acceptors (Lipinski definition) is 5. The van der Waals surface area contributed by atoms with Gasteiger partial charge in [-0.2, -0.15) is 0 Å². The number of methoxy groups -OCH3 is 1. The van der Waals surface area contributed by atoms with Crippen molar-refractivity contribution in [3.05, 3.63) is 48.4 Å². The second kappa shape index (κ2) is 7.15. The summed E-state index contributed by atoms with van der Waals surface area (Å²) in [6, 6.07) is 9.68. The zero-order valence-corrected chi connectivity index (χ0v) is 13.0. The predicted molar refractivity (Wildman–Crippen MR) is 89.3 cm³/mol. The van der Waals surface area contributed by atoms with Gasteiger partial charge in [-0.15, -0.1) is 12.4 Å². The predicted octanol–water partition coefficient (Wildman–Crippen LogP) is 2.62. The molecule has 0 unspecified atom stereocenters. The Kier molecular flexibility index (Phi) is 5.25. The van der Waals surface area contributed by atoms with Crippen LogP contribution in [0.4, 0.5) is 0 Å². The molecule has 5 nitrogen and oxygen atoms in total. The van der Waals surface area contributed by atoms with Crippen molar-refractivity contribution >= 4 is 23.4 Å². The van der Waals surface area contributed by atoms with E-state index in [1.165, 1.54) is 0 Å². The Morgan fingerprint density at radius 3 is 2.64 bits per heavy atom. The fourth-order valence-electron chi connectivity index (χ4n) is 2.23. The van der Waals surface area contributed by atoms with Gasteiger partial charge in [0, 0.05) is 41.7 Å². The van der Waals surface area contributed by atoms with Crippen molar-refractivity contribution in [3.63, 3.8) is 0 Å². The largest absolute Gasteiger partial charge is 0.481 e. The first-order valence-corrected chi connectivity index (χ1v) is 6.77. The molecule has 0 fully saturated rings. The van der Waals surface area contributed by atoms with Crippen LogP contribution in [-0.4, -0.2) is 28.6 Å². The highest BCUT2D eigenvalue weighted by Crippen LogP contribution is 2.27. The third-order valence-electron chi connectivity index (χ3n) is 3.30. The molecule has 0 spiro atoms. The van der Waals surface area contributed by atoms with Gasteiger partial charge in [0.1, 0.15) is 5.52 Å². The molecule has 3 rings (SSSR count). The van der Waals surface area contributed by atoms with Crippen LogP contribution in [0.3, 0.4) is 0 Å². The number of hydrogen-bond donors (Lipinski definition) is 1. The standard InChI is InChI=1S/C16H16N4O.ClH/c1-21-15-5-4-14-16(20-15)13(7-9-18-14)11-2-3-12(6-8-17)19-10-11;/h2-5,7,9-10H,6,8,17H2,1H3;1H. The highest BCUT2D eigenvalue weighted by atomic mass is 35.5. The summed E-state index contributed by atoms with van der Waals surface area (Å²) in [6.07, 6.45) is 4.41. The number of fused-ring (bicyclic) bond motifs is 1. The van der Waals surface area contributed by atoms with Crippen LogP contribution >= 0.6 is 12.4 Å². The van der Waals surface area contributed by atoms with E-state index in [1.54, 1.807) is 13.3 Å². The minimum Gasteiger partial charge on any atom is -0.481 e. The maximum atomic E-state index is 5.54. The fraction of sp³-hybridized carbons (Fsp3) is 0.188. The van der Waals surface area contributed by atoms with Crippen molar-refractivity contribution in [2.75, 3.05) is 13.7 Å². The second-order valence-electron chi connectivity index (χ2n) is 4.66. The lowest BCUT2D eigenvalue weighted by molar-refractivity contribution is 0.399. The van der Waals surface area contributed by atoms with E-state index in [-0.39, 0.29) is 12.4 Å². The molecule has 3 aromatic rings. The van der Waals surface area contributed by atoms with E-state index >= 15 is 0 Å². The van der Waals surface area contributed by atoms with E-state index in [4.69, 9.17) is 10.5 Å². The van der Waals surface area contributed by atoms with Crippen LogP contribution in [-0.2, 0) is 6.42 Å². The van der Waals surface area contributed by atoms with Gasteiger partial charge in [0.15, 0.2) is 0 Å². The summed E-state index contributed by atoms with van der Waals surface area (Å²) in [5.74, 6) is 0.574. The molecule has 2 N–H and O–H groups in total. The molecule has 0 radical (unpaired) electrons. The summed E-state index contributed by atoms with van der Waals surface area (Å²) >= 11 is 0. The summed E-state index contributed by atoms with van der Waals surface area (Å²) in [4.78, 5) is 13.3. The monoisotopic (exact) mass is 316 g/mol. The first kappa shape index (κ1) is 16.1. The number of nitrogens with two attached hydrogens (primary N) is 1. The van der Waals surface area contributed by atoms with Crippen molar-refractivity contribution in [2.24, 2.45) is 5.73 Å². The molecule has 3 heterocycles. The quantitative estimate of drug-likeness (QED) is 0.801. The topological polar surface area (TPSA) is 73.9 Å². The third kappa shape index (κ3) is 3.16. The average Bonchev–Trinajstić information content (AvgIpc) is 2.55. The molecule has 0 aliphatic carbocycles. The van der Waals surface area contributed by atoms with Gasteiger partial charge in [0.2, 0.25) is 5.88 Å². The van der Waals surface area contributed by atoms with Crippen LogP contribution in [0.25, 0.3) is 22.2 Å². The molecule has 0 bridgehead atoms. The molecule has 114 valence electrons. The zero-order chi connectivity index (χ0) is 14.7. The van der Waals surface area contributed by atoms with Gasteiger partial charge in [-0.25, -0.2) is 4.98 Å². The lowest BCUT2D eigenvalue weighted by Gasteiger charge is -2.07. The highest BCUT2D eigenvalue weighted by Gasteiger charge is 2.08. The number of ether oxygens (including phenoxy) is 1. The number of pyridine rings is 3. The fourth-order valence-corrected chi connectivity index (χ4v) is 2.23. The zero-order valence-electron chi connectivity index (χ0n) is 12.2. The van der Waals surface area contributed by atoms with Gasteiger partial charge in [-0.3, -0.25) is 9.97 Å². The molecule has 0 saturated heterocycles. The highest BCUT2D eigenvalue weighted by molar-refractivity contribution is 5.91. The van der Waals surface area contributed by atoms with Crippen molar-refractivity contribution in [1.82, 2.24) is 15.0 Å².